The molecule has 1 atom stereocenters. The summed E-state index contributed by atoms with van der Waals surface area (Å²) in [6, 6.07) is 8.40. The third-order valence-corrected chi connectivity index (χ3v) is 5.30. The molecule has 2 aromatic rings. The van der Waals surface area contributed by atoms with E-state index in [1.54, 1.807) is 12.1 Å². The second-order valence-electron chi connectivity index (χ2n) is 5.48. The van der Waals surface area contributed by atoms with Crippen molar-refractivity contribution in [3.8, 4) is 6.07 Å². The van der Waals surface area contributed by atoms with Gasteiger partial charge in [0.25, 0.3) is 5.91 Å². The van der Waals surface area contributed by atoms with Gasteiger partial charge < -0.3 is 11.5 Å². The molecule has 0 spiro atoms. The molecule has 4 N–H and O–H groups in total. The zero-order valence-corrected chi connectivity index (χ0v) is 12.5. The Morgan fingerprint density at radius 1 is 1.36 bits per heavy atom. The van der Waals surface area contributed by atoms with E-state index in [9.17, 15) is 14.4 Å². The first-order valence-electron chi connectivity index (χ1n) is 6.84. The third kappa shape index (κ3) is 2.14. The summed E-state index contributed by atoms with van der Waals surface area (Å²) < 4.78 is 13.1. The number of anilines is 1. The van der Waals surface area contributed by atoms with E-state index in [4.69, 9.17) is 11.5 Å². The first kappa shape index (κ1) is 14.5. The lowest BCUT2D eigenvalue weighted by Gasteiger charge is -2.31. The average molecular weight is 315 g/mol. The summed E-state index contributed by atoms with van der Waals surface area (Å²) in [4.78, 5) is 12.5. The fourth-order valence-electron chi connectivity index (χ4n) is 3.09. The highest BCUT2D eigenvalue weighted by molar-refractivity contribution is 7.16. The van der Waals surface area contributed by atoms with Crippen LogP contribution in [-0.4, -0.2) is 5.91 Å². The highest BCUT2D eigenvalue weighted by Gasteiger charge is 2.39. The lowest BCUT2D eigenvalue weighted by atomic mass is 9.70. The summed E-state index contributed by atoms with van der Waals surface area (Å²) in [5.41, 5.74) is 12.6. The van der Waals surface area contributed by atoms with Crippen molar-refractivity contribution in [2.75, 3.05) is 5.73 Å². The van der Waals surface area contributed by atoms with Crippen LogP contribution in [0.3, 0.4) is 0 Å². The number of benzene rings is 1. The zero-order valence-electron chi connectivity index (χ0n) is 11.7. The molecule has 0 aliphatic heterocycles. The van der Waals surface area contributed by atoms with Gasteiger partial charge in [0.15, 0.2) is 0 Å². The van der Waals surface area contributed by atoms with Crippen LogP contribution >= 0.6 is 11.3 Å². The van der Waals surface area contributed by atoms with Crippen LogP contribution in [0.15, 0.2) is 24.3 Å². The maximum Gasteiger partial charge on any atom is 0.251 e. The highest BCUT2D eigenvalue weighted by Crippen LogP contribution is 2.44. The minimum atomic E-state index is -0.715. The molecule has 1 heterocycles. The molecule has 6 heteroatoms. The smallest absolute Gasteiger partial charge is 0.251 e. The Hall–Kier alpha value is -2.39. The van der Waals surface area contributed by atoms with Crippen molar-refractivity contribution in [3.63, 3.8) is 0 Å². The number of carbonyl (C=O) groups is 1. The summed E-state index contributed by atoms with van der Waals surface area (Å²) in [6.07, 6.45) is 1.58. The van der Waals surface area contributed by atoms with Crippen molar-refractivity contribution in [1.82, 2.24) is 0 Å². The molecule has 0 saturated heterocycles. The first-order chi connectivity index (χ1) is 10.5. The van der Waals surface area contributed by atoms with Crippen LogP contribution in [0.1, 0.15) is 32.8 Å². The largest absolute Gasteiger partial charge is 0.390 e. The van der Waals surface area contributed by atoms with E-state index < -0.39 is 11.3 Å². The van der Waals surface area contributed by atoms with E-state index in [2.05, 4.69) is 6.07 Å². The van der Waals surface area contributed by atoms with Gasteiger partial charge in [0.1, 0.15) is 5.82 Å². The van der Waals surface area contributed by atoms with E-state index in [0.717, 1.165) is 16.0 Å². The Morgan fingerprint density at radius 2 is 2.05 bits per heavy atom. The van der Waals surface area contributed by atoms with Crippen molar-refractivity contribution in [2.24, 2.45) is 5.73 Å². The van der Waals surface area contributed by atoms with Crippen LogP contribution in [0.25, 0.3) is 0 Å². The maximum atomic E-state index is 13.1. The fourth-order valence-corrected chi connectivity index (χ4v) is 4.32. The molecule has 22 heavy (non-hydrogen) atoms. The van der Waals surface area contributed by atoms with Gasteiger partial charge in [0, 0.05) is 11.3 Å². The number of hydrogen-bond donors (Lipinski definition) is 2. The van der Waals surface area contributed by atoms with Crippen LogP contribution in [0.2, 0.25) is 0 Å². The molecule has 112 valence electrons. The Bertz CT molecular complexity index is 791. The third-order valence-electron chi connectivity index (χ3n) is 4.24. The quantitative estimate of drug-likeness (QED) is 0.891. The molecule has 0 radical (unpaired) electrons. The van der Waals surface area contributed by atoms with Gasteiger partial charge in [0.2, 0.25) is 0 Å². The van der Waals surface area contributed by atoms with Gasteiger partial charge in [-0.3, -0.25) is 4.79 Å². The molecule has 1 aliphatic rings. The summed E-state index contributed by atoms with van der Waals surface area (Å²) in [7, 11) is 0. The van der Waals surface area contributed by atoms with Gasteiger partial charge in [-0.2, -0.15) is 5.26 Å². The predicted molar refractivity (Wildman–Crippen MR) is 83.0 cm³/mol. The summed E-state index contributed by atoms with van der Waals surface area (Å²) in [5.74, 6) is -0.856. The van der Waals surface area contributed by atoms with Gasteiger partial charge in [-0.25, -0.2) is 4.39 Å². The van der Waals surface area contributed by atoms with Crippen molar-refractivity contribution < 1.29 is 9.18 Å². The molecule has 4 nitrogen and oxygen atoms in total. The highest BCUT2D eigenvalue weighted by atomic mass is 32.1. The molecule has 0 bridgehead atoms. The number of halogens is 1. The van der Waals surface area contributed by atoms with Crippen LogP contribution in [-0.2, 0) is 18.3 Å². The van der Waals surface area contributed by atoms with Gasteiger partial charge >= 0.3 is 0 Å². The second-order valence-corrected chi connectivity index (χ2v) is 6.62. The van der Waals surface area contributed by atoms with E-state index in [1.165, 1.54) is 23.5 Å². The first-order valence-corrected chi connectivity index (χ1v) is 7.65. The van der Waals surface area contributed by atoms with Crippen molar-refractivity contribution in [2.45, 2.75) is 24.7 Å². The molecule has 1 aliphatic carbocycles. The maximum absolute atomic E-state index is 13.1. The van der Waals surface area contributed by atoms with Gasteiger partial charge in [-0.05, 0) is 36.1 Å². The monoisotopic (exact) mass is 315 g/mol. The molecular formula is C16H14FN3OS. The molecule has 0 fully saturated rings. The zero-order chi connectivity index (χ0) is 15.9. The number of thiophene rings is 1. The number of nitrogens with zero attached hydrogens (tertiary/aromatic N) is 1. The topological polar surface area (TPSA) is 92.9 Å². The minimum Gasteiger partial charge on any atom is -0.390 e. The number of primary amides is 1. The number of nitrogen functional groups attached to an aromatic ring is 1. The molecule has 1 unspecified atom stereocenters. The van der Waals surface area contributed by atoms with E-state index in [1.807, 2.05) is 0 Å². The second kappa shape index (κ2) is 5.11. The van der Waals surface area contributed by atoms with E-state index in [-0.39, 0.29) is 5.82 Å². The fraction of sp³-hybridized carbons (Fsp3) is 0.250. The average Bonchev–Trinajstić information content (AvgIpc) is 2.82. The normalized spacial score (nSPS) is 20.2. The van der Waals surface area contributed by atoms with Gasteiger partial charge in [0.05, 0.1) is 22.0 Å². The summed E-state index contributed by atoms with van der Waals surface area (Å²) in [6.45, 7) is 0. The lowest BCUT2D eigenvalue weighted by Crippen LogP contribution is -2.32. The SMILES string of the molecule is N#CC1(c2ccc(F)cc2)CCc2c(sc(N)c2C(N)=O)C1. The summed E-state index contributed by atoms with van der Waals surface area (Å²) >= 11 is 1.31. The standard InChI is InChI=1S/C16H14FN3OS/c17-10-3-1-9(2-4-10)16(8-18)6-5-11-12(7-16)22-15(20)13(11)14(19)21/h1-4H,5-7,20H2,(H2,19,21). The van der Waals surface area contributed by atoms with Crippen molar-refractivity contribution in [1.29, 1.82) is 5.26 Å². The predicted octanol–water partition coefficient (Wildman–Crippen LogP) is 2.52. The molecular weight excluding hydrogens is 301 g/mol. The number of carbonyl (C=O) groups excluding carboxylic acids is 1. The van der Waals surface area contributed by atoms with Crippen molar-refractivity contribution >= 4 is 22.2 Å². The van der Waals surface area contributed by atoms with Crippen LogP contribution in [0.4, 0.5) is 9.39 Å². The number of amides is 1. The number of nitrogens with two attached hydrogens (primary N) is 2. The molecule has 1 aromatic heterocycles. The van der Waals surface area contributed by atoms with E-state index >= 15 is 0 Å². The minimum absolute atomic E-state index is 0.329. The van der Waals surface area contributed by atoms with Crippen LogP contribution in [0, 0.1) is 17.1 Å². The molecule has 1 aromatic carbocycles. The number of hydrogen-bond acceptors (Lipinski definition) is 4. The number of nitriles is 1. The van der Waals surface area contributed by atoms with E-state index in [0.29, 0.717) is 29.8 Å². The van der Waals surface area contributed by atoms with Crippen LogP contribution in [0.5, 0.6) is 0 Å². The molecule has 0 saturated carbocycles. The Balaban J connectivity index is 2.05. The van der Waals surface area contributed by atoms with Gasteiger partial charge in [-0.1, -0.05) is 12.1 Å². The van der Waals surface area contributed by atoms with Gasteiger partial charge in [-0.15, -0.1) is 11.3 Å². The Morgan fingerprint density at radius 3 is 2.64 bits per heavy atom. The Labute approximate surface area is 131 Å². The number of fused-ring (bicyclic) bond motifs is 1. The molecule has 1 amide bonds. The Kier molecular flexibility index (Phi) is 3.38. The lowest BCUT2D eigenvalue weighted by molar-refractivity contribution is 0.100. The summed E-state index contributed by atoms with van der Waals surface area (Å²) in [5, 5.41) is 10.1. The number of rotatable bonds is 2. The van der Waals surface area contributed by atoms with Crippen molar-refractivity contribution in [3.05, 3.63) is 51.7 Å². The van der Waals surface area contributed by atoms with Crippen LogP contribution < -0.4 is 11.5 Å². The molecule has 3 rings (SSSR count).